The highest BCUT2D eigenvalue weighted by atomic mass is 16.7. The zero-order valence-corrected chi connectivity index (χ0v) is 12.7. The molecule has 1 aromatic carbocycles. The molecular weight excluding hydrogens is 250 g/mol. The van der Waals surface area contributed by atoms with Gasteiger partial charge in [0.15, 0.2) is 6.29 Å². The zero-order chi connectivity index (χ0) is 14.2. The maximum Gasteiger partial charge on any atom is 0.172 e. The van der Waals surface area contributed by atoms with E-state index in [2.05, 4.69) is 35.6 Å². The Morgan fingerprint density at radius 3 is 2.30 bits per heavy atom. The van der Waals surface area contributed by atoms with Crippen molar-refractivity contribution in [3.63, 3.8) is 0 Å². The van der Waals surface area contributed by atoms with Crippen molar-refractivity contribution in [2.75, 3.05) is 14.2 Å². The smallest absolute Gasteiger partial charge is 0.172 e. The number of methoxy groups -OCH3 is 2. The van der Waals surface area contributed by atoms with Crippen molar-refractivity contribution in [1.82, 2.24) is 5.32 Å². The number of benzene rings is 1. The van der Waals surface area contributed by atoms with E-state index in [1.807, 2.05) is 0 Å². The quantitative estimate of drug-likeness (QED) is 0.775. The van der Waals surface area contributed by atoms with Crippen molar-refractivity contribution in [2.24, 2.45) is 5.92 Å². The molecule has 1 aliphatic carbocycles. The molecule has 1 saturated carbocycles. The van der Waals surface area contributed by atoms with Crippen molar-refractivity contribution in [3.8, 4) is 0 Å². The Kier molecular flexibility index (Phi) is 6.51. The summed E-state index contributed by atoms with van der Waals surface area (Å²) >= 11 is 0. The van der Waals surface area contributed by atoms with E-state index in [1.54, 1.807) is 14.2 Å². The second-order valence-corrected chi connectivity index (χ2v) is 5.63. The van der Waals surface area contributed by atoms with Gasteiger partial charge in [0.2, 0.25) is 0 Å². The number of rotatable bonds is 7. The summed E-state index contributed by atoms with van der Waals surface area (Å²) in [6.07, 6.45) is 6.41. The fourth-order valence-corrected chi connectivity index (χ4v) is 3.20. The van der Waals surface area contributed by atoms with Gasteiger partial charge in [0.1, 0.15) is 0 Å². The molecule has 0 amide bonds. The third-order valence-corrected chi connectivity index (χ3v) is 4.30. The van der Waals surface area contributed by atoms with Crippen molar-refractivity contribution >= 4 is 0 Å². The number of hydrogen-bond donors (Lipinski definition) is 1. The van der Waals surface area contributed by atoms with Gasteiger partial charge >= 0.3 is 0 Å². The highest BCUT2D eigenvalue weighted by molar-refractivity contribution is 5.14. The molecule has 0 bridgehead atoms. The molecule has 112 valence electrons. The van der Waals surface area contributed by atoms with Gasteiger partial charge in [-0.2, -0.15) is 0 Å². The van der Waals surface area contributed by atoms with E-state index in [9.17, 15) is 0 Å². The molecule has 0 saturated heterocycles. The summed E-state index contributed by atoms with van der Waals surface area (Å²) in [6, 6.07) is 10.8. The fraction of sp³-hybridized carbons (Fsp3) is 0.647. The van der Waals surface area contributed by atoms with E-state index in [0.29, 0.717) is 5.92 Å². The summed E-state index contributed by atoms with van der Waals surface area (Å²) in [5.74, 6) is 0.650. The molecule has 3 nitrogen and oxygen atoms in total. The number of hydrogen-bond acceptors (Lipinski definition) is 3. The second-order valence-electron chi connectivity index (χ2n) is 5.63. The first kappa shape index (κ1) is 15.5. The molecule has 1 unspecified atom stereocenters. The summed E-state index contributed by atoms with van der Waals surface area (Å²) in [5, 5.41) is 3.66. The molecular formula is C17H27NO2. The van der Waals surface area contributed by atoms with Gasteiger partial charge in [-0.1, -0.05) is 49.6 Å². The third-order valence-electron chi connectivity index (χ3n) is 4.30. The summed E-state index contributed by atoms with van der Waals surface area (Å²) in [4.78, 5) is 0. The largest absolute Gasteiger partial charge is 0.354 e. The van der Waals surface area contributed by atoms with Crippen molar-refractivity contribution in [2.45, 2.75) is 51.0 Å². The van der Waals surface area contributed by atoms with Gasteiger partial charge in [-0.05, 0) is 24.3 Å². The lowest BCUT2D eigenvalue weighted by atomic mass is 9.83. The Morgan fingerprint density at radius 1 is 1.05 bits per heavy atom. The Hall–Kier alpha value is -0.900. The number of ether oxygens (including phenoxy) is 2. The summed E-state index contributed by atoms with van der Waals surface area (Å²) < 4.78 is 11.0. The SMILES string of the molecule is COC(OC)C(NCc1ccccc1)C1CCCCC1. The molecule has 3 heteroatoms. The molecule has 0 heterocycles. The summed E-state index contributed by atoms with van der Waals surface area (Å²) in [5.41, 5.74) is 1.30. The van der Waals surface area contributed by atoms with Crippen LogP contribution in [-0.2, 0) is 16.0 Å². The molecule has 0 radical (unpaired) electrons. The highest BCUT2D eigenvalue weighted by Crippen LogP contribution is 2.29. The van der Waals surface area contributed by atoms with Gasteiger partial charge in [0, 0.05) is 20.8 Å². The fourth-order valence-electron chi connectivity index (χ4n) is 3.20. The lowest BCUT2D eigenvalue weighted by Gasteiger charge is -2.35. The Labute approximate surface area is 122 Å². The van der Waals surface area contributed by atoms with Crippen molar-refractivity contribution in [1.29, 1.82) is 0 Å². The van der Waals surface area contributed by atoms with Gasteiger partial charge < -0.3 is 14.8 Å². The zero-order valence-electron chi connectivity index (χ0n) is 12.7. The van der Waals surface area contributed by atoms with Gasteiger partial charge in [-0.15, -0.1) is 0 Å². The van der Waals surface area contributed by atoms with Crippen LogP contribution in [0.4, 0.5) is 0 Å². The van der Waals surface area contributed by atoms with Crippen molar-refractivity contribution in [3.05, 3.63) is 35.9 Å². The van der Waals surface area contributed by atoms with E-state index in [1.165, 1.54) is 37.7 Å². The molecule has 20 heavy (non-hydrogen) atoms. The molecule has 1 atom stereocenters. The summed E-state index contributed by atoms with van der Waals surface area (Å²) in [6.45, 7) is 0.866. The minimum Gasteiger partial charge on any atom is -0.354 e. The van der Waals surface area contributed by atoms with Crippen LogP contribution >= 0.6 is 0 Å². The molecule has 2 rings (SSSR count). The predicted molar refractivity (Wildman–Crippen MR) is 81.5 cm³/mol. The van der Waals surface area contributed by atoms with Gasteiger partial charge in [0.25, 0.3) is 0 Å². The molecule has 1 aromatic rings. The topological polar surface area (TPSA) is 30.5 Å². The lowest BCUT2D eigenvalue weighted by molar-refractivity contribution is -0.135. The highest BCUT2D eigenvalue weighted by Gasteiger charge is 2.30. The number of nitrogens with one attached hydrogen (secondary N) is 1. The van der Waals surface area contributed by atoms with Crippen LogP contribution in [0.25, 0.3) is 0 Å². The van der Waals surface area contributed by atoms with E-state index in [-0.39, 0.29) is 12.3 Å². The molecule has 0 aliphatic heterocycles. The average molecular weight is 277 g/mol. The van der Waals surface area contributed by atoms with Crippen LogP contribution < -0.4 is 5.32 Å². The molecule has 1 aliphatic rings. The second kappa shape index (κ2) is 8.40. The monoisotopic (exact) mass is 277 g/mol. The molecule has 0 aromatic heterocycles. The Morgan fingerprint density at radius 2 is 1.70 bits per heavy atom. The van der Waals surface area contributed by atoms with E-state index < -0.39 is 0 Å². The summed E-state index contributed by atoms with van der Waals surface area (Å²) in [7, 11) is 3.46. The molecule has 1 fully saturated rings. The first-order chi connectivity index (χ1) is 9.85. The van der Waals surface area contributed by atoms with E-state index in [0.717, 1.165) is 6.54 Å². The van der Waals surface area contributed by atoms with Gasteiger partial charge in [0.05, 0.1) is 6.04 Å². The van der Waals surface area contributed by atoms with E-state index in [4.69, 9.17) is 9.47 Å². The van der Waals surface area contributed by atoms with Crippen LogP contribution in [0.3, 0.4) is 0 Å². The van der Waals surface area contributed by atoms with Crippen molar-refractivity contribution < 1.29 is 9.47 Å². The minimum absolute atomic E-state index is 0.165. The predicted octanol–water partition coefficient (Wildman–Crippen LogP) is 3.34. The lowest BCUT2D eigenvalue weighted by Crippen LogP contribution is -2.47. The van der Waals surface area contributed by atoms with E-state index >= 15 is 0 Å². The van der Waals surface area contributed by atoms with Crippen LogP contribution in [0.2, 0.25) is 0 Å². The maximum absolute atomic E-state index is 5.52. The Balaban J connectivity index is 1.97. The molecule has 1 N–H and O–H groups in total. The van der Waals surface area contributed by atoms with Gasteiger partial charge in [-0.25, -0.2) is 0 Å². The van der Waals surface area contributed by atoms with Crippen LogP contribution in [0, 0.1) is 5.92 Å². The average Bonchev–Trinajstić information content (AvgIpc) is 2.53. The molecule has 0 spiro atoms. The third kappa shape index (κ3) is 4.30. The van der Waals surface area contributed by atoms with Crippen LogP contribution in [0.1, 0.15) is 37.7 Å². The standard InChI is InChI=1S/C17H27NO2/c1-19-17(20-2)16(15-11-7-4-8-12-15)18-13-14-9-5-3-6-10-14/h3,5-6,9-10,15-18H,4,7-8,11-13H2,1-2H3. The normalized spacial score (nSPS) is 18.4. The van der Waals surface area contributed by atoms with Crippen LogP contribution in [-0.4, -0.2) is 26.6 Å². The van der Waals surface area contributed by atoms with Crippen LogP contribution in [0.15, 0.2) is 30.3 Å². The first-order valence-corrected chi connectivity index (χ1v) is 7.68. The minimum atomic E-state index is -0.165. The first-order valence-electron chi connectivity index (χ1n) is 7.68. The maximum atomic E-state index is 5.52. The van der Waals surface area contributed by atoms with Gasteiger partial charge in [-0.3, -0.25) is 0 Å². The Bertz CT molecular complexity index is 359. The van der Waals surface area contributed by atoms with Crippen LogP contribution in [0.5, 0.6) is 0 Å².